The second kappa shape index (κ2) is 8.07. The molecule has 0 fully saturated rings. The van der Waals surface area contributed by atoms with Crippen LogP contribution in [0.1, 0.15) is 44.0 Å². The number of nitrogens with zero attached hydrogens (tertiary/aromatic N) is 1. The van der Waals surface area contributed by atoms with Crippen molar-refractivity contribution in [2.45, 2.75) is 24.5 Å². The Bertz CT molecular complexity index is 1490. The van der Waals surface area contributed by atoms with Crippen LogP contribution in [0.4, 0.5) is 5.69 Å². The van der Waals surface area contributed by atoms with Crippen LogP contribution in [0.5, 0.6) is 0 Å². The summed E-state index contributed by atoms with van der Waals surface area (Å²) in [5, 5.41) is 21.0. The molecule has 8 nitrogen and oxygen atoms in total. The molecule has 0 unspecified atom stereocenters. The molecule has 1 amide bonds. The third-order valence-corrected chi connectivity index (χ3v) is 7.24. The molecule has 0 radical (unpaired) electrons. The molecule has 2 heterocycles. The number of carboxylic acids is 1. The first kappa shape index (κ1) is 22.0. The second-order valence-corrected chi connectivity index (χ2v) is 9.75. The first-order valence-electron chi connectivity index (χ1n) is 9.92. The number of nitrogens with one attached hydrogen (secondary N) is 2. The Morgan fingerprint density at radius 1 is 1.15 bits per heavy atom. The van der Waals surface area contributed by atoms with Crippen molar-refractivity contribution >= 4 is 39.1 Å². The van der Waals surface area contributed by atoms with Gasteiger partial charge in [0, 0.05) is 22.6 Å². The van der Waals surface area contributed by atoms with Crippen molar-refractivity contribution in [2.75, 3.05) is 5.32 Å². The minimum atomic E-state index is -3.72. The van der Waals surface area contributed by atoms with Gasteiger partial charge in [0.15, 0.2) is 9.84 Å². The average molecular weight is 461 g/mol. The van der Waals surface area contributed by atoms with Crippen molar-refractivity contribution in [1.82, 2.24) is 4.98 Å². The van der Waals surface area contributed by atoms with Gasteiger partial charge in [0.2, 0.25) is 0 Å². The van der Waals surface area contributed by atoms with Gasteiger partial charge < -0.3 is 15.4 Å². The predicted octanol–water partition coefficient (Wildman–Crippen LogP) is 3.67. The van der Waals surface area contributed by atoms with Crippen molar-refractivity contribution in [3.8, 4) is 6.07 Å². The predicted molar refractivity (Wildman–Crippen MR) is 122 cm³/mol. The zero-order valence-electron chi connectivity index (χ0n) is 17.8. The molecule has 0 atom stereocenters. The summed E-state index contributed by atoms with van der Waals surface area (Å²) >= 11 is 0. The lowest BCUT2D eigenvalue weighted by Gasteiger charge is -2.07. The number of carbonyl (C=O) groups excluding carboxylic acids is 1. The Morgan fingerprint density at radius 3 is 2.45 bits per heavy atom. The summed E-state index contributed by atoms with van der Waals surface area (Å²) in [5.41, 5.74) is 3.66. The van der Waals surface area contributed by atoms with Gasteiger partial charge in [-0.2, -0.15) is 5.26 Å². The second-order valence-electron chi connectivity index (χ2n) is 7.76. The molecule has 3 aromatic rings. The highest BCUT2D eigenvalue weighted by Gasteiger charge is 2.28. The number of aromatic nitrogens is 1. The van der Waals surface area contributed by atoms with Gasteiger partial charge in [-0.1, -0.05) is 12.1 Å². The number of carbonyl (C=O) groups is 2. The number of aromatic carboxylic acids is 1. The van der Waals surface area contributed by atoms with Gasteiger partial charge >= 0.3 is 5.97 Å². The lowest BCUT2D eigenvalue weighted by Crippen LogP contribution is -2.05. The van der Waals surface area contributed by atoms with Gasteiger partial charge in [-0.3, -0.25) is 4.79 Å². The molecule has 0 saturated carbocycles. The van der Waals surface area contributed by atoms with E-state index in [1.54, 1.807) is 38.1 Å². The largest absolute Gasteiger partial charge is 0.478 e. The summed E-state index contributed by atoms with van der Waals surface area (Å²) in [6.45, 7) is 3.28. The molecule has 166 valence electrons. The number of hydrogen-bond donors (Lipinski definition) is 3. The minimum Gasteiger partial charge on any atom is -0.478 e. The van der Waals surface area contributed by atoms with Gasteiger partial charge in [0.05, 0.1) is 33.4 Å². The van der Waals surface area contributed by atoms with E-state index in [2.05, 4.69) is 10.3 Å². The quantitative estimate of drug-likeness (QED) is 0.495. The highest BCUT2D eigenvalue weighted by Crippen LogP contribution is 2.36. The number of aryl methyl sites for hydroxylation is 1. The van der Waals surface area contributed by atoms with Crippen LogP contribution >= 0.6 is 0 Å². The number of rotatable bonds is 5. The Morgan fingerprint density at radius 2 is 1.85 bits per heavy atom. The number of sulfone groups is 1. The molecule has 1 aliphatic rings. The fraction of sp³-hybridized carbons (Fsp3) is 0.125. The lowest BCUT2D eigenvalue weighted by atomic mass is 10.0. The van der Waals surface area contributed by atoms with Crippen LogP contribution in [0.15, 0.2) is 47.4 Å². The maximum Gasteiger partial charge on any atom is 0.337 e. The maximum absolute atomic E-state index is 13.0. The summed E-state index contributed by atoms with van der Waals surface area (Å²) in [7, 11) is -3.72. The lowest BCUT2D eigenvalue weighted by molar-refractivity contribution is -0.110. The highest BCUT2D eigenvalue weighted by molar-refractivity contribution is 7.90. The fourth-order valence-electron chi connectivity index (χ4n) is 3.87. The summed E-state index contributed by atoms with van der Waals surface area (Å²) in [5.74, 6) is -1.73. The SMILES string of the molecule is Cc1[nH]c(/C=C2\C(=O)Nc3ccc(S(=O)(=O)Cc4ccc(C#N)cc4)cc32)c(C)c1C(=O)O. The topological polar surface area (TPSA) is 140 Å². The van der Waals surface area contributed by atoms with E-state index in [0.29, 0.717) is 39.3 Å². The molecule has 33 heavy (non-hydrogen) atoms. The molecule has 9 heteroatoms. The van der Waals surface area contributed by atoms with Gasteiger partial charge in [-0.15, -0.1) is 0 Å². The van der Waals surface area contributed by atoms with Crippen LogP contribution < -0.4 is 5.32 Å². The molecule has 0 bridgehead atoms. The Hall–Kier alpha value is -4.16. The van der Waals surface area contributed by atoms with E-state index in [-0.39, 0.29) is 21.8 Å². The van der Waals surface area contributed by atoms with Crippen LogP contribution in [0.25, 0.3) is 11.6 Å². The molecular formula is C24H19N3O5S. The summed E-state index contributed by atoms with van der Waals surface area (Å²) in [6.07, 6.45) is 1.53. The maximum atomic E-state index is 13.0. The normalized spacial score (nSPS) is 14.1. The van der Waals surface area contributed by atoms with Crippen molar-refractivity contribution in [3.63, 3.8) is 0 Å². The number of benzene rings is 2. The molecular weight excluding hydrogens is 442 g/mol. The number of carboxylic acid groups (broad SMARTS) is 1. The zero-order valence-corrected chi connectivity index (χ0v) is 18.6. The van der Waals surface area contributed by atoms with Crippen LogP contribution in [-0.2, 0) is 20.4 Å². The smallest absolute Gasteiger partial charge is 0.337 e. The van der Waals surface area contributed by atoms with E-state index < -0.39 is 21.7 Å². The van der Waals surface area contributed by atoms with Gasteiger partial charge in [-0.25, -0.2) is 13.2 Å². The summed E-state index contributed by atoms with van der Waals surface area (Å²) < 4.78 is 26.0. The van der Waals surface area contributed by atoms with E-state index in [9.17, 15) is 23.1 Å². The van der Waals surface area contributed by atoms with Gasteiger partial charge in [0.25, 0.3) is 5.91 Å². The number of H-pyrrole nitrogens is 1. The van der Waals surface area contributed by atoms with Crippen LogP contribution in [-0.4, -0.2) is 30.4 Å². The molecule has 0 spiro atoms. The molecule has 4 rings (SSSR count). The third-order valence-electron chi connectivity index (χ3n) is 5.55. The van der Waals surface area contributed by atoms with Crippen LogP contribution in [0, 0.1) is 25.2 Å². The Kier molecular flexibility index (Phi) is 5.39. The highest BCUT2D eigenvalue weighted by atomic mass is 32.2. The van der Waals surface area contributed by atoms with Crippen molar-refractivity contribution in [3.05, 3.63) is 81.7 Å². The number of nitriles is 1. The van der Waals surface area contributed by atoms with E-state index in [4.69, 9.17) is 5.26 Å². The van der Waals surface area contributed by atoms with Crippen LogP contribution in [0.2, 0.25) is 0 Å². The summed E-state index contributed by atoms with van der Waals surface area (Å²) in [4.78, 5) is 27.1. The monoisotopic (exact) mass is 461 g/mol. The van der Waals surface area contributed by atoms with E-state index in [1.165, 1.54) is 24.3 Å². The number of fused-ring (bicyclic) bond motifs is 1. The number of amides is 1. The van der Waals surface area contributed by atoms with Crippen molar-refractivity contribution < 1.29 is 23.1 Å². The number of hydrogen-bond acceptors (Lipinski definition) is 5. The molecule has 2 aromatic carbocycles. The Balaban J connectivity index is 1.73. The minimum absolute atomic E-state index is 0.0543. The van der Waals surface area contributed by atoms with E-state index >= 15 is 0 Å². The molecule has 1 aliphatic heterocycles. The van der Waals surface area contributed by atoms with Gasteiger partial charge in [0.1, 0.15) is 0 Å². The van der Waals surface area contributed by atoms with E-state index in [1.807, 2.05) is 6.07 Å². The third kappa shape index (κ3) is 4.04. The summed E-state index contributed by atoms with van der Waals surface area (Å²) in [6, 6.07) is 12.7. The standard InChI is InChI=1S/C24H19N3O5S/c1-13-21(26-14(2)22(13)24(29)30)10-19-18-9-17(7-8-20(18)27-23(19)28)33(31,32)12-16-5-3-15(11-25)4-6-16/h3-10,26H,12H2,1-2H3,(H,27,28)(H,29,30)/b19-10-. The van der Waals surface area contributed by atoms with Crippen LogP contribution in [0.3, 0.4) is 0 Å². The molecule has 3 N–H and O–H groups in total. The average Bonchev–Trinajstić information content (AvgIpc) is 3.23. The first-order chi connectivity index (χ1) is 15.6. The van der Waals surface area contributed by atoms with Gasteiger partial charge in [-0.05, 0) is 61.4 Å². The zero-order chi connectivity index (χ0) is 23.9. The Labute approximate surface area is 190 Å². The first-order valence-corrected chi connectivity index (χ1v) is 11.6. The molecule has 0 aliphatic carbocycles. The number of aromatic amines is 1. The molecule has 1 aromatic heterocycles. The fourth-order valence-corrected chi connectivity index (χ4v) is 5.24. The van der Waals surface area contributed by atoms with E-state index in [0.717, 1.165) is 0 Å². The molecule has 0 saturated heterocycles. The van der Waals surface area contributed by atoms with Crippen molar-refractivity contribution in [2.24, 2.45) is 0 Å². The van der Waals surface area contributed by atoms with Crippen molar-refractivity contribution in [1.29, 1.82) is 5.26 Å². The number of anilines is 1.